The van der Waals surface area contributed by atoms with E-state index in [1.54, 1.807) is 6.20 Å². The van der Waals surface area contributed by atoms with Crippen LogP contribution in [0, 0.1) is 0 Å². The molecule has 1 N–H and O–H groups in total. The lowest BCUT2D eigenvalue weighted by Crippen LogP contribution is -2.19. The van der Waals surface area contributed by atoms with Crippen LogP contribution in [0.2, 0.25) is 0 Å². The average Bonchev–Trinajstić information content (AvgIpc) is 2.35. The highest BCUT2D eigenvalue weighted by molar-refractivity contribution is 5.87. The number of nitrogens with one attached hydrogen (secondary N) is 1. The Labute approximate surface area is 95.3 Å². The third-order valence-corrected chi connectivity index (χ3v) is 2.37. The summed E-state index contributed by atoms with van der Waals surface area (Å²) in [7, 11) is 1.32. The molecule has 1 aromatic rings. The molecule has 5 nitrogen and oxygen atoms in total. The SMILES string of the molecule is CCC(CC)Nc1cncc(C(=O)OC)n1. The largest absolute Gasteiger partial charge is 0.464 e. The van der Waals surface area contributed by atoms with Gasteiger partial charge in [-0.2, -0.15) is 0 Å². The first-order valence-corrected chi connectivity index (χ1v) is 5.38. The van der Waals surface area contributed by atoms with Gasteiger partial charge in [0.2, 0.25) is 0 Å². The van der Waals surface area contributed by atoms with Gasteiger partial charge in [0.15, 0.2) is 5.69 Å². The molecule has 16 heavy (non-hydrogen) atoms. The smallest absolute Gasteiger partial charge is 0.358 e. The van der Waals surface area contributed by atoms with Gasteiger partial charge < -0.3 is 10.1 Å². The molecule has 88 valence electrons. The van der Waals surface area contributed by atoms with Crippen molar-refractivity contribution in [3.63, 3.8) is 0 Å². The van der Waals surface area contributed by atoms with Gasteiger partial charge in [0.25, 0.3) is 0 Å². The molecule has 1 rings (SSSR count). The van der Waals surface area contributed by atoms with Crippen molar-refractivity contribution in [1.29, 1.82) is 0 Å². The number of carbonyl (C=O) groups is 1. The van der Waals surface area contributed by atoms with Crippen LogP contribution >= 0.6 is 0 Å². The third-order valence-electron chi connectivity index (χ3n) is 2.37. The number of carbonyl (C=O) groups excluding carboxylic acids is 1. The highest BCUT2D eigenvalue weighted by atomic mass is 16.5. The number of methoxy groups -OCH3 is 1. The Morgan fingerprint density at radius 2 is 2.12 bits per heavy atom. The van der Waals surface area contributed by atoms with Gasteiger partial charge in [0.05, 0.1) is 19.5 Å². The summed E-state index contributed by atoms with van der Waals surface area (Å²) in [6.07, 6.45) is 5.00. The Bertz CT molecular complexity index is 351. The second-order valence-electron chi connectivity index (χ2n) is 3.44. The molecule has 0 atom stereocenters. The summed E-state index contributed by atoms with van der Waals surface area (Å²) in [5, 5.41) is 3.22. The predicted octanol–water partition coefficient (Wildman–Crippen LogP) is 1.86. The molecular weight excluding hydrogens is 206 g/mol. The Balaban J connectivity index is 2.78. The lowest BCUT2D eigenvalue weighted by Gasteiger charge is -2.15. The molecule has 1 aromatic heterocycles. The number of ether oxygens (including phenoxy) is 1. The molecule has 0 unspecified atom stereocenters. The van der Waals surface area contributed by atoms with Crippen molar-refractivity contribution >= 4 is 11.8 Å². The topological polar surface area (TPSA) is 64.1 Å². The lowest BCUT2D eigenvalue weighted by molar-refractivity contribution is 0.0593. The molecule has 0 fully saturated rings. The van der Waals surface area contributed by atoms with Gasteiger partial charge in [-0.3, -0.25) is 4.98 Å². The first kappa shape index (κ1) is 12.4. The summed E-state index contributed by atoms with van der Waals surface area (Å²) in [5.74, 6) is 0.136. The van der Waals surface area contributed by atoms with Crippen molar-refractivity contribution in [2.24, 2.45) is 0 Å². The van der Waals surface area contributed by atoms with E-state index in [0.29, 0.717) is 11.9 Å². The summed E-state index contributed by atoms with van der Waals surface area (Å²) in [6, 6.07) is 0.349. The minimum atomic E-state index is -0.472. The van der Waals surface area contributed by atoms with E-state index in [1.165, 1.54) is 13.3 Å². The van der Waals surface area contributed by atoms with E-state index in [9.17, 15) is 4.79 Å². The van der Waals surface area contributed by atoms with E-state index < -0.39 is 5.97 Å². The van der Waals surface area contributed by atoms with Crippen molar-refractivity contribution < 1.29 is 9.53 Å². The van der Waals surface area contributed by atoms with Crippen LogP contribution in [0.3, 0.4) is 0 Å². The molecule has 0 saturated carbocycles. The molecule has 0 aromatic carbocycles. The van der Waals surface area contributed by atoms with Gasteiger partial charge in [-0.1, -0.05) is 13.8 Å². The van der Waals surface area contributed by atoms with Crippen LogP contribution in [0.5, 0.6) is 0 Å². The maximum Gasteiger partial charge on any atom is 0.358 e. The Morgan fingerprint density at radius 3 is 2.69 bits per heavy atom. The first-order chi connectivity index (χ1) is 7.71. The maximum absolute atomic E-state index is 11.2. The summed E-state index contributed by atoms with van der Waals surface area (Å²) in [6.45, 7) is 4.19. The van der Waals surface area contributed by atoms with Gasteiger partial charge in [0.1, 0.15) is 5.82 Å². The van der Waals surface area contributed by atoms with E-state index in [-0.39, 0.29) is 5.69 Å². The van der Waals surface area contributed by atoms with Crippen molar-refractivity contribution in [1.82, 2.24) is 9.97 Å². The minimum Gasteiger partial charge on any atom is -0.464 e. The molecule has 0 aliphatic heterocycles. The van der Waals surface area contributed by atoms with Crippen molar-refractivity contribution in [3.05, 3.63) is 18.1 Å². The Hall–Kier alpha value is -1.65. The van der Waals surface area contributed by atoms with Gasteiger partial charge >= 0.3 is 5.97 Å². The molecule has 1 heterocycles. The summed E-state index contributed by atoms with van der Waals surface area (Å²) < 4.78 is 4.58. The fourth-order valence-corrected chi connectivity index (χ4v) is 1.34. The van der Waals surface area contributed by atoms with E-state index in [2.05, 4.69) is 33.9 Å². The standard InChI is InChI=1S/C11H17N3O2/c1-4-8(5-2)13-10-7-12-6-9(14-10)11(15)16-3/h6-8H,4-5H2,1-3H3,(H,13,14). The Morgan fingerprint density at radius 1 is 1.44 bits per heavy atom. The van der Waals surface area contributed by atoms with Crippen LogP contribution in [0.1, 0.15) is 37.2 Å². The first-order valence-electron chi connectivity index (χ1n) is 5.38. The van der Waals surface area contributed by atoms with Crippen LogP contribution < -0.4 is 5.32 Å². The van der Waals surface area contributed by atoms with E-state index in [4.69, 9.17) is 0 Å². The fraction of sp³-hybridized carbons (Fsp3) is 0.545. The predicted molar refractivity (Wildman–Crippen MR) is 61.4 cm³/mol. The molecule has 0 aliphatic carbocycles. The zero-order valence-electron chi connectivity index (χ0n) is 9.86. The van der Waals surface area contributed by atoms with Gasteiger partial charge in [0, 0.05) is 6.04 Å². The summed E-state index contributed by atoms with van der Waals surface area (Å²) in [4.78, 5) is 19.3. The van der Waals surface area contributed by atoms with E-state index >= 15 is 0 Å². The minimum absolute atomic E-state index is 0.221. The molecule has 0 spiro atoms. The fourth-order valence-electron chi connectivity index (χ4n) is 1.34. The highest BCUT2D eigenvalue weighted by Crippen LogP contribution is 2.08. The van der Waals surface area contributed by atoms with E-state index in [1.807, 2.05) is 0 Å². The molecule has 0 amide bonds. The number of anilines is 1. The van der Waals surface area contributed by atoms with Crippen LogP contribution in [0.15, 0.2) is 12.4 Å². The van der Waals surface area contributed by atoms with Crippen molar-refractivity contribution in [3.8, 4) is 0 Å². The molecule has 0 bridgehead atoms. The second kappa shape index (κ2) is 6.05. The molecular formula is C11H17N3O2. The van der Waals surface area contributed by atoms with Crippen molar-refractivity contribution in [2.75, 3.05) is 12.4 Å². The zero-order valence-corrected chi connectivity index (χ0v) is 9.86. The van der Waals surface area contributed by atoms with Gasteiger partial charge in [-0.25, -0.2) is 9.78 Å². The number of aromatic nitrogens is 2. The van der Waals surface area contributed by atoms with E-state index in [0.717, 1.165) is 12.8 Å². The molecule has 0 saturated heterocycles. The van der Waals surface area contributed by atoms with Crippen LogP contribution in [-0.4, -0.2) is 29.1 Å². The van der Waals surface area contributed by atoms with Crippen molar-refractivity contribution in [2.45, 2.75) is 32.7 Å². The monoisotopic (exact) mass is 223 g/mol. The average molecular weight is 223 g/mol. The number of rotatable bonds is 5. The van der Waals surface area contributed by atoms with Gasteiger partial charge in [-0.05, 0) is 12.8 Å². The highest BCUT2D eigenvalue weighted by Gasteiger charge is 2.10. The lowest BCUT2D eigenvalue weighted by atomic mass is 10.2. The van der Waals surface area contributed by atoms with Crippen LogP contribution in [-0.2, 0) is 4.74 Å². The number of nitrogens with zero attached hydrogens (tertiary/aromatic N) is 2. The third kappa shape index (κ3) is 3.18. The summed E-state index contributed by atoms with van der Waals surface area (Å²) in [5.41, 5.74) is 0.221. The molecule has 0 radical (unpaired) electrons. The zero-order chi connectivity index (χ0) is 12.0. The van der Waals surface area contributed by atoms with Crippen LogP contribution in [0.25, 0.3) is 0 Å². The van der Waals surface area contributed by atoms with Gasteiger partial charge in [-0.15, -0.1) is 0 Å². The molecule has 5 heteroatoms. The molecule has 0 aliphatic rings. The quantitative estimate of drug-likeness (QED) is 0.772. The summed E-state index contributed by atoms with van der Waals surface area (Å²) >= 11 is 0. The number of hydrogen-bond donors (Lipinski definition) is 1. The second-order valence-corrected chi connectivity index (χ2v) is 3.44. The number of hydrogen-bond acceptors (Lipinski definition) is 5. The Kier molecular flexibility index (Phi) is 4.69. The normalized spacial score (nSPS) is 10.2. The maximum atomic E-state index is 11.2. The number of esters is 1. The van der Waals surface area contributed by atoms with Crippen LogP contribution in [0.4, 0.5) is 5.82 Å².